The van der Waals surface area contributed by atoms with Crippen molar-refractivity contribution >= 4 is 29.9 Å². The maximum atomic E-state index is 12.1. The molecular weight excluding hydrogens is 410 g/mol. The summed E-state index contributed by atoms with van der Waals surface area (Å²) in [5, 5.41) is 3.21. The molecule has 1 aromatic carbocycles. The highest BCUT2D eigenvalue weighted by atomic mass is 127. The second kappa shape index (κ2) is 8.44. The molecule has 0 spiro atoms. The Morgan fingerprint density at radius 1 is 1.36 bits per heavy atom. The number of benzene rings is 1. The maximum absolute atomic E-state index is 12.1. The molecule has 1 N–H and O–H groups in total. The minimum Gasteiger partial charge on any atom is -0.484 e. The highest BCUT2D eigenvalue weighted by Crippen LogP contribution is 2.19. The lowest BCUT2D eigenvalue weighted by atomic mass is 10.1. The number of aliphatic imine (C=N–C) groups is 1. The van der Waals surface area contributed by atoms with Gasteiger partial charge in [0.1, 0.15) is 5.75 Å². The highest BCUT2D eigenvalue weighted by molar-refractivity contribution is 14.0. The molecule has 0 saturated carbocycles. The molecule has 4 nitrogen and oxygen atoms in total. The number of nitrogens with zero attached hydrogens (tertiary/aromatic N) is 2. The van der Waals surface area contributed by atoms with E-state index >= 15 is 0 Å². The van der Waals surface area contributed by atoms with Gasteiger partial charge in [-0.1, -0.05) is 12.1 Å². The third-order valence-electron chi connectivity index (χ3n) is 3.06. The second-order valence-electron chi connectivity index (χ2n) is 4.85. The first kappa shape index (κ1) is 18.9. The average Bonchev–Trinajstić information content (AvgIpc) is 2.82. The van der Waals surface area contributed by atoms with Crippen molar-refractivity contribution in [2.45, 2.75) is 12.6 Å². The Morgan fingerprint density at radius 2 is 2.14 bits per heavy atom. The van der Waals surface area contributed by atoms with Crippen molar-refractivity contribution in [3.05, 3.63) is 29.8 Å². The molecule has 2 rings (SSSR count). The van der Waals surface area contributed by atoms with Gasteiger partial charge in [-0.05, 0) is 24.1 Å². The number of alkyl halides is 3. The summed E-state index contributed by atoms with van der Waals surface area (Å²) in [5.41, 5.74) is 0.920. The number of likely N-dealkylation sites (N-methyl/N-ethyl adjacent to an activating group) is 1. The molecule has 1 aliphatic heterocycles. The summed E-state index contributed by atoms with van der Waals surface area (Å²) in [4.78, 5) is 6.33. The van der Waals surface area contributed by atoms with Crippen LogP contribution in [0, 0.1) is 0 Å². The SMILES string of the molecule is CN1CCN=C1NCCc1cccc(OCC(F)(F)F)c1.I. The summed E-state index contributed by atoms with van der Waals surface area (Å²) >= 11 is 0. The second-order valence-corrected chi connectivity index (χ2v) is 4.85. The average molecular weight is 429 g/mol. The summed E-state index contributed by atoms with van der Waals surface area (Å²) in [6.07, 6.45) is -3.63. The van der Waals surface area contributed by atoms with Crippen molar-refractivity contribution in [2.75, 3.05) is 33.3 Å². The topological polar surface area (TPSA) is 36.9 Å². The fourth-order valence-electron chi connectivity index (χ4n) is 2.00. The van der Waals surface area contributed by atoms with Gasteiger partial charge in [0.05, 0.1) is 6.54 Å². The van der Waals surface area contributed by atoms with Crippen molar-refractivity contribution in [2.24, 2.45) is 4.99 Å². The van der Waals surface area contributed by atoms with E-state index in [-0.39, 0.29) is 29.7 Å². The van der Waals surface area contributed by atoms with Crippen molar-refractivity contribution in [1.82, 2.24) is 10.2 Å². The van der Waals surface area contributed by atoms with E-state index in [0.717, 1.165) is 24.6 Å². The van der Waals surface area contributed by atoms with E-state index in [2.05, 4.69) is 10.3 Å². The van der Waals surface area contributed by atoms with Crippen molar-refractivity contribution < 1.29 is 17.9 Å². The van der Waals surface area contributed by atoms with E-state index < -0.39 is 12.8 Å². The molecule has 8 heteroatoms. The zero-order chi connectivity index (χ0) is 15.3. The first-order valence-corrected chi connectivity index (χ1v) is 6.72. The third-order valence-corrected chi connectivity index (χ3v) is 3.06. The molecule has 22 heavy (non-hydrogen) atoms. The summed E-state index contributed by atoms with van der Waals surface area (Å²) in [6.45, 7) is 1.10. The van der Waals surface area contributed by atoms with Crippen LogP contribution in [-0.4, -0.2) is 50.3 Å². The Hall–Kier alpha value is -1.19. The van der Waals surface area contributed by atoms with Crippen LogP contribution in [0.3, 0.4) is 0 Å². The third kappa shape index (κ3) is 6.29. The molecule has 0 aliphatic carbocycles. The number of hydrogen-bond donors (Lipinski definition) is 1. The molecule has 0 unspecified atom stereocenters. The van der Waals surface area contributed by atoms with Crippen LogP contribution in [0.2, 0.25) is 0 Å². The first-order chi connectivity index (χ1) is 9.94. The monoisotopic (exact) mass is 429 g/mol. The molecule has 0 atom stereocenters. The van der Waals surface area contributed by atoms with E-state index in [9.17, 15) is 13.2 Å². The Labute approximate surface area is 144 Å². The molecule has 1 aromatic rings. The molecule has 124 valence electrons. The predicted octanol–water partition coefficient (Wildman–Crippen LogP) is 2.68. The first-order valence-electron chi connectivity index (χ1n) is 6.72. The van der Waals surface area contributed by atoms with Crippen LogP contribution in [0.5, 0.6) is 5.75 Å². The molecule has 0 fully saturated rings. The van der Waals surface area contributed by atoms with Gasteiger partial charge in [-0.3, -0.25) is 4.99 Å². The number of guanidine groups is 1. The van der Waals surface area contributed by atoms with E-state index in [1.54, 1.807) is 12.1 Å². The van der Waals surface area contributed by atoms with Gasteiger partial charge >= 0.3 is 6.18 Å². The Balaban J connectivity index is 0.00000242. The lowest BCUT2D eigenvalue weighted by Gasteiger charge is -2.15. The Morgan fingerprint density at radius 3 is 2.77 bits per heavy atom. The number of halogens is 4. The van der Waals surface area contributed by atoms with Gasteiger partial charge < -0.3 is 15.0 Å². The van der Waals surface area contributed by atoms with Crippen LogP contribution >= 0.6 is 24.0 Å². The van der Waals surface area contributed by atoms with Gasteiger partial charge in [-0.2, -0.15) is 13.2 Å². The molecule has 0 bridgehead atoms. The fraction of sp³-hybridized carbons (Fsp3) is 0.500. The quantitative estimate of drug-likeness (QED) is 0.732. The van der Waals surface area contributed by atoms with Gasteiger partial charge in [-0.25, -0.2) is 0 Å². The zero-order valence-corrected chi connectivity index (χ0v) is 14.5. The van der Waals surface area contributed by atoms with Gasteiger partial charge in [0.15, 0.2) is 12.6 Å². The fourth-order valence-corrected chi connectivity index (χ4v) is 2.00. The Bertz CT molecular complexity index is 508. The van der Waals surface area contributed by atoms with Crippen LogP contribution in [-0.2, 0) is 6.42 Å². The Kier molecular flexibility index (Phi) is 7.24. The maximum Gasteiger partial charge on any atom is 0.422 e. The van der Waals surface area contributed by atoms with Crippen molar-refractivity contribution in [3.63, 3.8) is 0 Å². The van der Waals surface area contributed by atoms with Gasteiger partial charge in [0.2, 0.25) is 0 Å². The van der Waals surface area contributed by atoms with Gasteiger partial charge in [0.25, 0.3) is 0 Å². The number of nitrogens with one attached hydrogen (secondary N) is 1. The number of ether oxygens (including phenoxy) is 1. The standard InChI is InChI=1S/C14H18F3N3O.HI/c1-20-8-7-19-13(20)18-6-5-11-3-2-4-12(9-11)21-10-14(15,16)17;/h2-4,9H,5-8,10H2,1H3,(H,18,19);1H. The number of hydrogen-bond acceptors (Lipinski definition) is 4. The molecular formula is C14H19F3IN3O. The van der Waals surface area contributed by atoms with Crippen LogP contribution in [0.1, 0.15) is 5.56 Å². The zero-order valence-electron chi connectivity index (χ0n) is 12.2. The van der Waals surface area contributed by atoms with Crippen LogP contribution < -0.4 is 10.1 Å². The predicted molar refractivity (Wildman–Crippen MR) is 90.0 cm³/mol. The lowest BCUT2D eigenvalue weighted by Crippen LogP contribution is -2.36. The molecule has 0 radical (unpaired) electrons. The van der Waals surface area contributed by atoms with Gasteiger partial charge in [-0.15, -0.1) is 24.0 Å². The smallest absolute Gasteiger partial charge is 0.422 e. The van der Waals surface area contributed by atoms with E-state index in [4.69, 9.17) is 4.74 Å². The summed E-state index contributed by atoms with van der Waals surface area (Å²) < 4.78 is 41.0. The van der Waals surface area contributed by atoms with E-state index in [1.165, 1.54) is 6.07 Å². The largest absolute Gasteiger partial charge is 0.484 e. The normalized spacial score (nSPS) is 14.4. The van der Waals surface area contributed by atoms with E-state index in [1.807, 2.05) is 18.0 Å². The molecule has 0 amide bonds. The van der Waals surface area contributed by atoms with Crippen LogP contribution in [0.25, 0.3) is 0 Å². The van der Waals surface area contributed by atoms with Crippen molar-refractivity contribution in [1.29, 1.82) is 0 Å². The minimum absolute atomic E-state index is 0. The van der Waals surface area contributed by atoms with Crippen LogP contribution in [0.4, 0.5) is 13.2 Å². The summed E-state index contributed by atoms with van der Waals surface area (Å²) in [5.74, 6) is 1.10. The highest BCUT2D eigenvalue weighted by Gasteiger charge is 2.28. The molecule has 1 heterocycles. The van der Waals surface area contributed by atoms with Crippen molar-refractivity contribution in [3.8, 4) is 5.75 Å². The summed E-state index contributed by atoms with van der Waals surface area (Å²) in [7, 11) is 1.96. The number of rotatable bonds is 5. The van der Waals surface area contributed by atoms with E-state index in [0.29, 0.717) is 13.0 Å². The molecule has 1 aliphatic rings. The summed E-state index contributed by atoms with van der Waals surface area (Å²) in [6, 6.07) is 6.72. The molecule has 0 aromatic heterocycles. The molecule has 0 saturated heterocycles. The van der Waals surface area contributed by atoms with Gasteiger partial charge in [0, 0.05) is 20.1 Å². The minimum atomic E-state index is -4.32. The van der Waals surface area contributed by atoms with Crippen LogP contribution in [0.15, 0.2) is 29.3 Å². The lowest BCUT2D eigenvalue weighted by molar-refractivity contribution is -0.153.